The summed E-state index contributed by atoms with van der Waals surface area (Å²) in [5, 5.41) is 6.29. The maximum atomic E-state index is 13.3. The van der Waals surface area contributed by atoms with Gasteiger partial charge in [0.1, 0.15) is 11.6 Å². The average Bonchev–Trinajstić information content (AvgIpc) is 2.78. The van der Waals surface area contributed by atoms with Gasteiger partial charge >= 0.3 is 0 Å². The third kappa shape index (κ3) is 3.69. The molecule has 31 heavy (non-hydrogen) atoms. The van der Waals surface area contributed by atoms with Crippen LogP contribution in [0, 0.1) is 5.82 Å². The minimum Gasteiger partial charge on any atom is -0.482 e. The monoisotopic (exact) mass is 413 g/mol. The molecule has 0 bridgehead atoms. The largest absolute Gasteiger partial charge is 0.482 e. The highest BCUT2D eigenvalue weighted by Gasteiger charge is 2.18. The zero-order valence-corrected chi connectivity index (χ0v) is 16.2. The van der Waals surface area contributed by atoms with E-state index in [1.54, 1.807) is 36.4 Å². The summed E-state index contributed by atoms with van der Waals surface area (Å²) >= 11 is 0. The highest BCUT2D eigenvalue weighted by Crippen LogP contribution is 2.31. The van der Waals surface area contributed by atoms with Gasteiger partial charge in [0.25, 0.3) is 11.8 Å². The minimum absolute atomic E-state index is 0.0339. The summed E-state index contributed by atoms with van der Waals surface area (Å²) in [7, 11) is 0. The second-order valence-corrected chi connectivity index (χ2v) is 7.08. The molecule has 0 fully saturated rings. The van der Waals surface area contributed by atoms with Crippen molar-refractivity contribution in [2.24, 2.45) is 0 Å². The van der Waals surface area contributed by atoms with Crippen LogP contribution in [-0.2, 0) is 4.79 Å². The number of anilines is 2. The van der Waals surface area contributed by atoms with Crippen LogP contribution < -0.4 is 15.4 Å². The summed E-state index contributed by atoms with van der Waals surface area (Å²) in [6.45, 7) is -0.0339. The molecule has 1 aliphatic heterocycles. The van der Waals surface area contributed by atoms with Crippen LogP contribution in [0.25, 0.3) is 22.2 Å². The number of nitrogens with one attached hydrogen (secondary N) is 2. The number of benzene rings is 3. The van der Waals surface area contributed by atoms with Crippen LogP contribution in [0.15, 0.2) is 72.8 Å². The van der Waals surface area contributed by atoms with E-state index in [0.717, 1.165) is 0 Å². The second kappa shape index (κ2) is 7.53. The Morgan fingerprint density at radius 1 is 1.03 bits per heavy atom. The number of hydrogen-bond acceptors (Lipinski definition) is 4. The van der Waals surface area contributed by atoms with E-state index in [4.69, 9.17) is 4.74 Å². The molecule has 4 aromatic rings. The third-order valence-corrected chi connectivity index (χ3v) is 4.97. The molecule has 6 nitrogen and oxygen atoms in total. The summed E-state index contributed by atoms with van der Waals surface area (Å²) in [6.07, 6.45) is 0. The van der Waals surface area contributed by atoms with Gasteiger partial charge in [-0.05, 0) is 54.6 Å². The number of nitrogens with zero attached hydrogens (tertiary/aromatic N) is 1. The molecule has 2 heterocycles. The number of aromatic nitrogens is 1. The first-order chi connectivity index (χ1) is 15.1. The van der Waals surface area contributed by atoms with Gasteiger partial charge in [0.2, 0.25) is 0 Å². The zero-order valence-electron chi connectivity index (χ0n) is 16.2. The number of carbonyl (C=O) groups is 2. The van der Waals surface area contributed by atoms with Crippen molar-refractivity contribution >= 4 is 34.1 Å². The number of pyridine rings is 1. The van der Waals surface area contributed by atoms with Crippen molar-refractivity contribution in [3.05, 3.63) is 84.2 Å². The van der Waals surface area contributed by atoms with Gasteiger partial charge in [-0.25, -0.2) is 9.37 Å². The molecule has 5 rings (SSSR count). The van der Waals surface area contributed by atoms with Gasteiger partial charge in [0.15, 0.2) is 6.61 Å². The summed E-state index contributed by atoms with van der Waals surface area (Å²) in [5.74, 6) is -0.374. The van der Waals surface area contributed by atoms with Crippen LogP contribution >= 0.6 is 0 Å². The highest BCUT2D eigenvalue weighted by atomic mass is 19.1. The normalized spacial score (nSPS) is 12.6. The van der Waals surface area contributed by atoms with E-state index in [1.165, 1.54) is 12.1 Å². The number of rotatable bonds is 3. The molecule has 3 aromatic carbocycles. The van der Waals surface area contributed by atoms with E-state index in [1.807, 2.05) is 24.3 Å². The summed E-state index contributed by atoms with van der Waals surface area (Å²) in [4.78, 5) is 29.4. The lowest BCUT2D eigenvalue weighted by Crippen LogP contribution is -2.25. The lowest BCUT2D eigenvalue weighted by atomic mass is 10.0. The quantitative estimate of drug-likeness (QED) is 0.513. The molecule has 0 spiro atoms. The number of fused-ring (bicyclic) bond motifs is 2. The molecule has 0 unspecified atom stereocenters. The SMILES string of the molecule is O=C1COc2ccc(NC(=O)c3cc(-c4ccc(F)cc4)nc4ccccc34)cc2N1. The number of para-hydroxylation sites is 1. The predicted molar refractivity (Wildman–Crippen MR) is 116 cm³/mol. The maximum Gasteiger partial charge on any atom is 0.262 e. The van der Waals surface area contributed by atoms with Gasteiger partial charge in [0.05, 0.1) is 22.5 Å². The maximum absolute atomic E-state index is 13.3. The first-order valence-corrected chi connectivity index (χ1v) is 9.60. The lowest BCUT2D eigenvalue weighted by molar-refractivity contribution is -0.118. The molecular weight excluding hydrogens is 397 g/mol. The Labute approximate surface area is 176 Å². The topological polar surface area (TPSA) is 80.3 Å². The molecule has 0 saturated carbocycles. The first kappa shape index (κ1) is 18.7. The van der Waals surface area contributed by atoms with Crippen molar-refractivity contribution in [2.45, 2.75) is 0 Å². The standard InChI is InChI=1S/C24H16FN3O3/c25-15-7-5-14(6-8-15)20-12-18(17-3-1-2-4-19(17)27-20)24(30)26-16-9-10-22-21(11-16)28-23(29)13-31-22/h1-12H,13H2,(H,26,30)(H,28,29). The van der Waals surface area contributed by atoms with E-state index in [0.29, 0.717) is 44.8 Å². The Hall–Kier alpha value is -4.26. The summed E-state index contributed by atoms with van der Waals surface area (Å²) < 4.78 is 18.7. The molecule has 0 saturated heterocycles. The van der Waals surface area contributed by atoms with Gasteiger partial charge in [0, 0.05) is 16.6 Å². The first-order valence-electron chi connectivity index (χ1n) is 9.60. The molecule has 2 amide bonds. The second-order valence-electron chi connectivity index (χ2n) is 7.08. The molecule has 7 heteroatoms. The number of ether oxygens (including phenoxy) is 1. The van der Waals surface area contributed by atoms with Crippen molar-refractivity contribution in [1.82, 2.24) is 4.98 Å². The van der Waals surface area contributed by atoms with Gasteiger partial charge in [-0.15, -0.1) is 0 Å². The molecule has 0 radical (unpaired) electrons. The van der Waals surface area contributed by atoms with E-state index in [-0.39, 0.29) is 24.2 Å². The number of hydrogen-bond donors (Lipinski definition) is 2. The van der Waals surface area contributed by atoms with Crippen LogP contribution in [0.2, 0.25) is 0 Å². The van der Waals surface area contributed by atoms with Crippen molar-refractivity contribution in [2.75, 3.05) is 17.2 Å². The Kier molecular flexibility index (Phi) is 4.55. The highest BCUT2D eigenvalue weighted by molar-refractivity contribution is 6.13. The number of amides is 2. The fourth-order valence-corrected chi connectivity index (χ4v) is 3.49. The number of halogens is 1. The third-order valence-electron chi connectivity index (χ3n) is 4.97. The molecule has 0 aliphatic carbocycles. The van der Waals surface area contributed by atoms with E-state index in [2.05, 4.69) is 15.6 Å². The number of carbonyl (C=O) groups excluding carboxylic acids is 2. The van der Waals surface area contributed by atoms with E-state index in [9.17, 15) is 14.0 Å². The van der Waals surface area contributed by atoms with Gasteiger partial charge < -0.3 is 15.4 Å². The Balaban J connectivity index is 1.53. The lowest BCUT2D eigenvalue weighted by Gasteiger charge is -2.18. The van der Waals surface area contributed by atoms with Crippen LogP contribution in [-0.4, -0.2) is 23.4 Å². The van der Waals surface area contributed by atoms with E-state index >= 15 is 0 Å². The molecule has 2 N–H and O–H groups in total. The predicted octanol–water partition coefficient (Wildman–Crippen LogP) is 4.62. The summed E-state index contributed by atoms with van der Waals surface area (Å²) in [5.41, 5.74) is 3.37. The molecule has 1 aromatic heterocycles. The minimum atomic E-state index is -0.342. The fourth-order valence-electron chi connectivity index (χ4n) is 3.49. The van der Waals surface area contributed by atoms with Crippen molar-refractivity contribution in [3.8, 4) is 17.0 Å². The average molecular weight is 413 g/mol. The zero-order chi connectivity index (χ0) is 21.4. The van der Waals surface area contributed by atoms with Crippen LogP contribution in [0.3, 0.4) is 0 Å². The molecule has 1 aliphatic rings. The van der Waals surface area contributed by atoms with Gasteiger partial charge in [-0.2, -0.15) is 0 Å². The molecular formula is C24H16FN3O3. The van der Waals surface area contributed by atoms with Crippen LogP contribution in [0.4, 0.5) is 15.8 Å². The Morgan fingerprint density at radius 3 is 2.68 bits per heavy atom. The fraction of sp³-hybridized carbons (Fsp3) is 0.0417. The summed E-state index contributed by atoms with van der Waals surface area (Å²) in [6, 6.07) is 20.0. The van der Waals surface area contributed by atoms with Crippen LogP contribution in [0.1, 0.15) is 10.4 Å². The van der Waals surface area contributed by atoms with Crippen molar-refractivity contribution in [3.63, 3.8) is 0 Å². The smallest absolute Gasteiger partial charge is 0.262 e. The van der Waals surface area contributed by atoms with E-state index < -0.39 is 0 Å². The van der Waals surface area contributed by atoms with Crippen molar-refractivity contribution < 1.29 is 18.7 Å². The Morgan fingerprint density at radius 2 is 1.84 bits per heavy atom. The van der Waals surface area contributed by atoms with Gasteiger partial charge in [-0.3, -0.25) is 9.59 Å². The molecule has 152 valence electrons. The van der Waals surface area contributed by atoms with Crippen LogP contribution in [0.5, 0.6) is 5.75 Å². The van der Waals surface area contributed by atoms with Crippen molar-refractivity contribution in [1.29, 1.82) is 0 Å². The Bertz CT molecular complexity index is 1340. The van der Waals surface area contributed by atoms with Gasteiger partial charge in [-0.1, -0.05) is 18.2 Å². The molecule has 0 atom stereocenters.